The molecule has 0 spiro atoms. The zero-order valence-corrected chi connectivity index (χ0v) is 14.7. The number of nitrogens with one attached hydrogen (secondary N) is 1. The maximum atomic E-state index is 12.2. The molecule has 0 aliphatic carbocycles. The summed E-state index contributed by atoms with van der Waals surface area (Å²) in [7, 11) is -3.61. The van der Waals surface area contributed by atoms with E-state index in [4.69, 9.17) is 23.2 Å². The summed E-state index contributed by atoms with van der Waals surface area (Å²) >= 11 is 11.8. The van der Waals surface area contributed by atoms with E-state index in [0.717, 1.165) is 5.56 Å². The number of rotatable bonds is 6. The molecule has 1 N–H and O–H groups in total. The van der Waals surface area contributed by atoms with Gasteiger partial charge >= 0.3 is 0 Å². The highest BCUT2D eigenvalue weighted by atomic mass is 35.5. The Kier molecular flexibility index (Phi) is 5.81. The van der Waals surface area contributed by atoms with Crippen LogP contribution in [-0.4, -0.2) is 20.7 Å². The molecule has 0 aliphatic rings. The first-order chi connectivity index (χ1) is 10.8. The van der Waals surface area contributed by atoms with Crippen LogP contribution in [0.5, 0.6) is 0 Å². The maximum Gasteiger partial charge on any atom is 0.240 e. The standard InChI is InChI=1S/C16H15Cl2NO3S/c1-11(20)13-3-5-14(6-4-13)23(21,22)19-9-8-12-2-7-15(17)16(18)10-12/h2-7,10,19H,8-9H2,1H3. The number of ketones is 1. The van der Waals surface area contributed by atoms with Crippen molar-refractivity contribution < 1.29 is 13.2 Å². The van der Waals surface area contributed by atoms with Crippen LogP contribution in [-0.2, 0) is 16.4 Å². The second-order valence-electron chi connectivity index (χ2n) is 4.98. The number of carbonyl (C=O) groups excluding carboxylic acids is 1. The van der Waals surface area contributed by atoms with E-state index in [9.17, 15) is 13.2 Å². The Hall–Kier alpha value is -1.40. The van der Waals surface area contributed by atoms with Gasteiger partial charge in [-0.3, -0.25) is 4.79 Å². The number of carbonyl (C=O) groups is 1. The van der Waals surface area contributed by atoms with E-state index in [0.29, 0.717) is 22.0 Å². The highest BCUT2D eigenvalue weighted by Gasteiger charge is 2.13. The lowest BCUT2D eigenvalue weighted by Gasteiger charge is -2.08. The van der Waals surface area contributed by atoms with Gasteiger partial charge in [-0.25, -0.2) is 13.1 Å². The van der Waals surface area contributed by atoms with Gasteiger partial charge in [0.15, 0.2) is 5.78 Å². The second-order valence-corrected chi connectivity index (χ2v) is 7.56. The molecule has 23 heavy (non-hydrogen) atoms. The Labute approximate surface area is 145 Å². The number of benzene rings is 2. The van der Waals surface area contributed by atoms with Gasteiger partial charge in [0.05, 0.1) is 14.9 Å². The molecule has 2 rings (SSSR count). The van der Waals surface area contributed by atoms with Crippen LogP contribution in [0.3, 0.4) is 0 Å². The number of hydrogen-bond acceptors (Lipinski definition) is 3. The van der Waals surface area contributed by atoms with Crippen molar-refractivity contribution >= 4 is 39.0 Å². The third-order valence-electron chi connectivity index (χ3n) is 3.26. The lowest BCUT2D eigenvalue weighted by Crippen LogP contribution is -2.26. The number of sulfonamides is 1. The normalized spacial score (nSPS) is 11.4. The Bertz CT molecular complexity index is 818. The Morgan fingerprint density at radius 2 is 1.70 bits per heavy atom. The Balaban J connectivity index is 2.00. The summed E-state index contributed by atoms with van der Waals surface area (Å²) in [6.45, 7) is 1.66. The topological polar surface area (TPSA) is 63.2 Å². The molecule has 0 aromatic heterocycles. The average Bonchev–Trinajstić information content (AvgIpc) is 2.51. The van der Waals surface area contributed by atoms with Crippen molar-refractivity contribution in [1.29, 1.82) is 0 Å². The first-order valence-corrected chi connectivity index (χ1v) is 9.08. The molecule has 0 saturated carbocycles. The lowest BCUT2D eigenvalue weighted by molar-refractivity contribution is 0.101. The summed E-state index contributed by atoms with van der Waals surface area (Å²) in [5.74, 6) is -0.110. The van der Waals surface area contributed by atoms with Gasteiger partial charge < -0.3 is 0 Å². The third kappa shape index (κ3) is 4.78. The molecule has 0 heterocycles. The predicted octanol–water partition coefficient (Wildman–Crippen LogP) is 3.72. The zero-order valence-electron chi connectivity index (χ0n) is 12.3. The largest absolute Gasteiger partial charge is 0.295 e. The summed E-state index contributed by atoms with van der Waals surface area (Å²) in [6.07, 6.45) is 0.488. The van der Waals surface area contributed by atoms with E-state index in [1.165, 1.54) is 31.2 Å². The second kappa shape index (κ2) is 7.45. The van der Waals surface area contributed by atoms with Gasteiger partial charge in [0.25, 0.3) is 0 Å². The van der Waals surface area contributed by atoms with Crippen LogP contribution in [0.1, 0.15) is 22.8 Å². The van der Waals surface area contributed by atoms with Crippen molar-refractivity contribution in [2.45, 2.75) is 18.2 Å². The third-order valence-corrected chi connectivity index (χ3v) is 5.48. The maximum absolute atomic E-state index is 12.2. The van der Waals surface area contributed by atoms with Crippen LogP contribution in [0.15, 0.2) is 47.4 Å². The number of Topliss-reactive ketones (excluding diaryl/α,β-unsaturated/α-hetero) is 1. The van der Waals surface area contributed by atoms with Crippen molar-refractivity contribution in [2.24, 2.45) is 0 Å². The van der Waals surface area contributed by atoms with Crippen LogP contribution in [0.25, 0.3) is 0 Å². The summed E-state index contributed by atoms with van der Waals surface area (Å²) in [4.78, 5) is 11.3. The highest BCUT2D eigenvalue weighted by molar-refractivity contribution is 7.89. The molecule has 0 radical (unpaired) electrons. The van der Waals surface area contributed by atoms with Crippen molar-refractivity contribution in [3.05, 3.63) is 63.6 Å². The molecule has 7 heteroatoms. The quantitative estimate of drug-likeness (QED) is 0.787. The van der Waals surface area contributed by atoms with Gasteiger partial charge in [-0.15, -0.1) is 0 Å². The van der Waals surface area contributed by atoms with E-state index in [1.807, 2.05) is 0 Å². The number of hydrogen-bond donors (Lipinski definition) is 1. The molecule has 0 unspecified atom stereocenters. The van der Waals surface area contributed by atoms with Gasteiger partial charge in [0, 0.05) is 12.1 Å². The minimum atomic E-state index is -3.61. The lowest BCUT2D eigenvalue weighted by atomic mass is 10.1. The fourth-order valence-electron chi connectivity index (χ4n) is 1.98. The van der Waals surface area contributed by atoms with Crippen LogP contribution >= 0.6 is 23.2 Å². The highest BCUT2D eigenvalue weighted by Crippen LogP contribution is 2.22. The van der Waals surface area contributed by atoms with E-state index in [-0.39, 0.29) is 17.2 Å². The average molecular weight is 372 g/mol. The molecular formula is C16H15Cl2NO3S. The van der Waals surface area contributed by atoms with E-state index >= 15 is 0 Å². The molecule has 4 nitrogen and oxygen atoms in total. The summed E-state index contributed by atoms with van der Waals surface area (Å²) in [6, 6.07) is 11.0. The van der Waals surface area contributed by atoms with Gasteiger partial charge in [-0.1, -0.05) is 41.4 Å². The molecular weight excluding hydrogens is 357 g/mol. The van der Waals surface area contributed by atoms with Crippen LogP contribution in [0.2, 0.25) is 10.0 Å². The fourth-order valence-corrected chi connectivity index (χ4v) is 3.33. The van der Waals surface area contributed by atoms with Gasteiger partial charge in [-0.05, 0) is 43.2 Å². The van der Waals surface area contributed by atoms with E-state index in [2.05, 4.69) is 4.72 Å². The first kappa shape index (κ1) is 17.9. The Morgan fingerprint density at radius 1 is 1.04 bits per heavy atom. The summed E-state index contributed by atoms with van der Waals surface area (Å²) in [5, 5.41) is 0.897. The minimum Gasteiger partial charge on any atom is -0.295 e. The number of halogens is 2. The molecule has 2 aromatic carbocycles. The molecule has 0 saturated heterocycles. The molecule has 0 fully saturated rings. The monoisotopic (exact) mass is 371 g/mol. The van der Waals surface area contributed by atoms with Gasteiger partial charge in [-0.2, -0.15) is 0 Å². The minimum absolute atomic E-state index is 0.110. The summed E-state index contributed by atoms with van der Waals surface area (Å²) in [5.41, 5.74) is 1.36. The first-order valence-electron chi connectivity index (χ1n) is 6.84. The van der Waals surface area contributed by atoms with E-state index < -0.39 is 10.0 Å². The zero-order chi connectivity index (χ0) is 17.0. The fraction of sp³-hybridized carbons (Fsp3) is 0.188. The van der Waals surface area contributed by atoms with Gasteiger partial charge in [0.2, 0.25) is 10.0 Å². The predicted molar refractivity (Wildman–Crippen MR) is 91.8 cm³/mol. The molecule has 122 valence electrons. The molecule has 0 aliphatic heterocycles. The van der Waals surface area contributed by atoms with Crippen LogP contribution in [0, 0.1) is 0 Å². The molecule has 2 aromatic rings. The molecule has 0 amide bonds. The van der Waals surface area contributed by atoms with Crippen LogP contribution < -0.4 is 4.72 Å². The molecule has 0 bridgehead atoms. The smallest absolute Gasteiger partial charge is 0.240 e. The van der Waals surface area contributed by atoms with Gasteiger partial charge in [0.1, 0.15) is 0 Å². The Morgan fingerprint density at radius 3 is 2.26 bits per heavy atom. The van der Waals surface area contributed by atoms with Crippen molar-refractivity contribution in [3.63, 3.8) is 0 Å². The van der Waals surface area contributed by atoms with E-state index in [1.54, 1.807) is 18.2 Å². The van der Waals surface area contributed by atoms with Crippen LogP contribution in [0.4, 0.5) is 0 Å². The van der Waals surface area contributed by atoms with Crippen molar-refractivity contribution in [3.8, 4) is 0 Å². The molecule has 0 atom stereocenters. The summed E-state index contributed by atoms with van der Waals surface area (Å²) < 4.78 is 26.9. The van der Waals surface area contributed by atoms with Crippen molar-refractivity contribution in [2.75, 3.05) is 6.54 Å². The SMILES string of the molecule is CC(=O)c1ccc(S(=O)(=O)NCCc2ccc(Cl)c(Cl)c2)cc1. The van der Waals surface area contributed by atoms with Crippen molar-refractivity contribution in [1.82, 2.24) is 4.72 Å².